The SMILES string of the molecule is CNC(COC)Cc1nc(CCC(F)(F)F)no1. The molecule has 8 heteroatoms. The molecule has 0 aliphatic rings. The maximum Gasteiger partial charge on any atom is 0.389 e. The van der Waals surface area contributed by atoms with Crippen LogP contribution in [0, 0.1) is 0 Å². The summed E-state index contributed by atoms with van der Waals surface area (Å²) in [5.74, 6) is 0.387. The van der Waals surface area contributed by atoms with Gasteiger partial charge in [0.15, 0.2) is 5.82 Å². The summed E-state index contributed by atoms with van der Waals surface area (Å²) in [6.45, 7) is 0.455. The molecule has 5 nitrogen and oxygen atoms in total. The van der Waals surface area contributed by atoms with Crippen molar-refractivity contribution in [3.8, 4) is 0 Å². The van der Waals surface area contributed by atoms with Crippen LogP contribution >= 0.6 is 0 Å². The standard InChI is InChI=1S/C10H16F3N3O2/c1-14-7(6-17-2)5-9-15-8(16-18-9)3-4-10(11,12)13/h7,14H,3-6H2,1-2H3. The van der Waals surface area contributed by atoms with Gasteiger partial charge in [-0.15, -0.1) is 0 Å². The van der Waals surface area contributed by atoms with Crippen molar-refractivity contribution in [2.24, 2.45) is 0 Å². The van der Waals surface area contributed by atoms with Gasteiger partial charge in [0.05, 0.1) is 13.0 Å². The topological polar surface area (TPSA) is 60.2 Å². The van der Waals surface area contributed by atoms with Crippen LogP contribution < -0.4 is 5.32 Å². The number of alkyl halides is 3. The second-order valence-electron chi connectivity index (χ2n) is 3.86. The number of nitrogens with one attached hydrogen (secondary N) is 1. The van der Waals surface area contributed by atoms with Gasteiger partial charge in [-0.1, -0.05) is 5.16 Å². The Bertz CT molecular complexity index is 354. The average Bonchev–Trinajstić information content (AvgIpc) is 2.73. The Morgan fingerprint density at radius 1 is 1.44 bits per heavy atom. The number of aryl methyl sites for hydroxylation is 1. The Balaban J connectivity index is 2.47. The summed E-state index contributed by atoms with van der Waals surface area (Å²) in [5.41, 5.74) is 0. The lowest BCUT2D eigenvalue weighted by molar-refractivity contribution is -0.134. The molecule has 0 aliphatic carbocycles. The van der Waals surface area contributed by atoms with Crippen LogP contribution in [0.15, 0.2) is 4.52 Å². The van der Waals surface area contributed by atoms with Gasteiger partial charge in [-0.05, 0) is 7.05 Å². The summed E-state index contributed by atoms with van der Waals surface area (Å²) in [7, 11) is 3.32. The summed E-state index contributed by atoms with van der Waals surface area (Å²) in [5, 5.41) is 6.50. The highest BCUT2D eigenvalue weighted by molar-refractivity contribution is 4.90. The number of nitrogens with zero attached hydrogens (tertiary/aromatic N) is 2. The molecule has 1 rings (SSSR count). The molecule has 0 aliphatic heterocycles. The third kappa shape index (κ3) is 5.46. The molecule has 1 heterocycles. The fourth-order valence-corrected chi connectivity index (χ4v) is 1.38. The van der Waals surface area contributed by atoms with Crippen molar-refractivity contribution in [2.75, 3.05) is 20.8 Å². The van der Waals surface area contributed by atoms with Gasteiger partial charge in [-0.25, -0.2) is 0 Å². The highest BCUT2D eigenvalue weighted by Crippen LogP contribution is 2.21. The van der Waals surface area contributed by atoms with Crippen molar-refractivity contribution in [3.05, 3.63) is 11.7 Å². The first-order valence-electron chi connectivity index (χ1n) is 5.49. The van der Waals surface area contributed by atoms with Gasteiger partial charge in [0.2, 0.25) is 5.89 Å². The maximum atomic E-state index is 12.0. The second-order valence-corrected chi connectivity index (χ2v) is 3.86. The van der Waals surface area contributed by atoms with Crippen molar-refractivity contribution >= 4 is 0 Å². The summed E-state index contributed by atoms with van der Waals surface area (Å²) in [6, 6.07) is -0.00841. The number of halogens is 3. The van der Waals surface area contributed by atoms with Crippen LogP contribution in [0.3, 0.4) is 0 Å². The Morgan fingerprint density at radius 2 is 2.17 bits per heavy atom. The Labute approximate surface area is 103 Å². The van der Waals surface area contributed by atoms with Crippen molar-refractivity contribution in [3.63, 3.8) is 0 Å². The number of ether oxygens (including phenoxy) is 1. The third-order valence-corrected chi connectivity index (χ3v) is 2.34. The molecule has 0 bridgehead atoms. The molecule has 1 aromatic rings. The smallest absolute Gasteiger partial charge is 0.383 e. The van der Waals surface area contributed by atoms with Crippen molar-refractivity contribution in [2.45, 2.75) is 31.5 Å². The number of hydrogen-bond acceptors (Lipinski definition) is 5. The van der Waals surface area contributed by atoms with Gasteiger partial charge in [-0.2, -0.15) is 18.2 Å². The zero-order chi connectivity index (χ0) is 13.6. The van der Waals surface area contributed by atoms with Crippen LogP contribution in [0.4, 0.5) is 13.2 Å². The monoisotopic (exact) mass is 267 g/mol. The van der Waals surface area contributed by atoms with Gasteiger partial charge in [0.25, 0.3) is 0 Å². The molecule has 0 saturated heterocycles. The molecular formula is C10H16F3N3O2. The normalized spacial score (nSPS) is 13.8. The average molecular weight is 267 g/mol. The number of aromatic nitrogens is 2. The van der Waals surface area contributed by atoms with E-state index in [0.717, 1.165) is 0 Å². The lowest BCUT2D eigenvalue weighted by Gasteiger charge is -2.11. The van der Waals surface area contributed by atoms with Crippen molar-refractivity contribution < 1.29 is 22.4 Å². The summed E-state index contributed by atoms with van der Waals surface area (Å²) in [6.07, 6.45) is -4.99. The van der Waals surface area contributed by atoms with Crippen LogP contribution in [-0.2, 0) is 17.6 Å². The zero-order valence-electron chi connectivity index (χ0n) is 10.3. The molecule has 0 radical (unpaired) electrons. The highest BCUT2D eigenvalue weighted by Gasteiger charge is 2.27. The molecule has 18 heavy (non-hydrogen) atoms. The van der Waals surface area contributed by atoms with E-state index in [4.69, 9.17) is 9.26 Å². The van der Waals surface area contributed by atoms with Gasteiger partial charge in [-0.3, -0.25) is 0 Å². The largest absolute Gasteiger partial charge is 0.389 e. The van der Waals surface area contributed by atoms with E-state index in [0.29, 0.717) is 18.9 Å². The van der Waals surface area contributed by atoms with Gasteiger partial charge in [0.1, 0.15) is 0 Å². The summed E-state index contributed by atoms with van der Waals surface area (Å²) in [4.78, 5) is 3.91. The van der Waals surface area contributed by atoms with Gasteiger partial charge in [0, 0.05) is 26.0 Å². The van der Waals surface area contributed by atoms with Crippen LogP contribution in [-0.4, -0.2) is 43.1 Å². The molecule has 1 aromatic heterocycles. The predicted molar refractivity (Wildman–Crippen MR) is 57.1 cm³/mol. The summed E-state index contributed by atoms with van der Waals surface area (Å²) < 4.78 is 45.9. The van der Waals surface area contributed by atoms with E-state index in [2.05, 4.69) is 15.5 Å². The van der Waals surface area contributed by atoms with Crippen LogP contribution in [0.1, 0.15) is 18.1 Å². The number of hydrogen-bond donors (Lipinski definition) is 1. The summed E-state index contributed by atoms with van der Waals surface area (Å²) >= 11 is 0. The van der Waals surface area contributed by atoms with E-state index in [-0.39, 0.29) is 18.3 Å². The van der Waals surface area contributed by atoms with E-state index in [1.165, 1.54) is 0 Å². The minimum absolute atomic E-state index is 0.00841. The van der Waals surface area contributed by atoms with E-state index < -0.39 is 12.6 Å². The minimum atomic E-state index is -4.20. The Kier molecular flexibility index (Phi) is 5.54. The predicted octanol–water partition coefficient (Wildman–Crippen LogP) is 1.34. The van der Waals surface area contributed by atoms with E-state index in [1.807, 2.05) is 0 Å². The minimum Gasteiger partial charge on any atom is -0.383 e. The van der Waals surface area contributed by atoms with E-state index in [1.54, 1.807) is 14.2 Å². The second kappa shape index (κ2) is 6.69. The van der Waals surface area contributed by atoms with Crippen LogP contribution in [0.25, 0.3) is 0 Å². The van der Waals surface area contributed by atoms with E-state index >= 15 is 0 Å². The van der Waals surface area contributed by atoms with Gasteiger partial charge < -0.3 is 14.6 Å². The molecule has 1 unspecified atom stereocenters. The fourth-order valence-electron chi connectivity index (χ4n) is 1.38. The van der Waals surface area contributed by atoms with Crippen LogP contribution in [0.5, 0.6) is 0 Å². The third-order valence-electron chi connectivity index (χ3n) is 2.34. The highest BCUT2D eigenvalue weighted by atomic mass is 19.4. The Hall–Kier alpha value is -1.15. The molecule has 1 atom stereocenters. The number of rotatable bonds is 7. The lowest BCUT2D eigenvalue weighted by atomic mass is 10.2. The molecule has 0 fully saturated rings. The number of likely N-dealkylation sites (N-methyl/N-ethyl adjacent to an activating group) is 1. The molecule has 0 amide bonds. The molecule has 0 aromatic carbocycles. The van der Waals surface area contributed by atoms with E-state index in [9.17, 15) is 13.2 Å². The molecule has 1 N–H and O–H groups in total. The Morgan fingerprint density at radius 3 is 2.72 bits per heavy atom. The van der Waals surface area contributed by atoms with Crippen molar-refractivity contribution in [1.82, 2.24) is 15.5 Å². The quantitative estimate of drug-likeness (QED) is 0.808. The lowest BCUT2D eigenvalue weighted by Crippen LogP contribution is -2.32. The van der Waals surface area contributed by atoms with Gasteiger partial charge >= 0.3 is 6.18 Å². The number of methoxy groups -OCH3 is 1. The zero-order valence-corrected chi connectivity index (χ0v) is 10.3. The van der Waals surface area contributed by atoms with Crippen LogP contribution in [0.2, 0.25) is 0 Å². The first-order chi connectivity index (χ1) is 8.44. The maximum absolute atomic E-state index is 12.0. The molecule has 0 spiro atoms. The molecular weight excluding hydrogens is 251 g/mol. The van der Waals surface area contributed by atoms with Crippen molar-refractivity contribution in [1.29, 1.82) is 0 Å². The molecule has 0 saturated carbocycles. The molecule has 104 valence electrons. The first-order valence-corrected chi connectivity index (χ1v) is 5.49. The fraction of sp³-hybridized carbons (Fsp3) is 0.800. The first kappa shape index (κ1) is 14.9.